The third-order valence-electron chi connectivity index (χ3n) is 5.09. The zero-order valence-corrected chi connectivity index (χ0v) is 19.5. The van der Waals surface area contributed by atoms with Crippen LogP contribution < -0.4 is 9.64 Å². The van der Waals surface area contributed by atoms with Crippen LogP contribution in [0, 0.1) is 6.92 Å². The number of sulfone groups is 1. The van der Waals surface area contributed by atoms with Crippen molar-refractivity contribution < 1.29 is 17.9 Å². The lowest BCUT2D eigenvalue weighted by Gasteiger charge is -2.21. The molecule has 3 aromatic carbocycles. The maximum absolute atomic E-state index is 13.7. The Kier molecular flexibility index (Phi) is 5.99. The second-order valence-corrected chi connectivity index (χ2v) is 10.4. The highest BCUT2D eigenvalue weighted by Crippen LogP contribution is 2.37. The summed E-state index contributed by atoms with van der Waals surface area (Å²) in [5, 5.41) is 0.477. The molecule has 4 rings (SSSR count). The van der Waals surface area contributed by atoms with Crippen LogP contribution in [0.3, 0.4) is 0 Å². The molecule has 1 aromatic heterocycles. The first-order valence-electron chi connectivity index (χ1n) is 9.88. The van der Waals surface area contributed by atoms with Crippen molar-refractivity contribution in [3.63, 3.8) is 0 Å². The Balaban J connectivity index is 1.89. The number of ether oxygens (including phenoxy) is 1. The van der Waals surface area contributed by atoms with Crippen LogP contribution in [0.5, 0.6) is 5.75 Å². The molecule has 1 heterocycles. The lowest BCUT2D eigenvalue weighted by molar-refractivity contribution is 0.0982. The maximum Gasteiger partial charge on any atom is 0.261 e. The molecule has 0 saturated carbocycles. The normalized spacial score (nSPS) is 11.5. The Morgan fingerprint density at radius 1 is 1.03 bits per heavy atom. The summed E-state index contributed by atoms with van der Waals surface area (Å²) in [6.07, 6.45) is 1.10. The second kappa shape index (κ2) is 8.72. The molecule has 32 heavy (non-hydrogen) atoms. The lowest BCUT2D eigenvalue weighted by Crippen LogP contribution is -2.31. The van der Waals surface area contributed by atoms with E-state index >= 15 is 0 Å². The number of carbonyl (C=O) groups is 1. The van der Waals surface area contributed by atoms with Crippen LogP contribution in [-0.4, -0.2) is 32.7 Å². The number of aryl methyl sites for hydroxylation is 1. The molecule has 6 nitrogen and oxygen atoms in total. The average Bonchev–Trinajstić information content (AvgIpc) is 3.23. The van der Waals surface area contributed by atoms with Gasteiger partial charge in [-0.05, 0) is 36.2 Å². The van der Waals surface area contributed by atoms with Crippen LogP contribution >= 0.6 is 11.3 Å². The number of aromatic nitrogens is 1. The van der Waals surface area contributed by atoms with E-state index in [0.717, 1.165) is 22.1 Å². The fraction of sp³-hybridized carbons (Fsp3) is 0.167. The van der Waals surface area contributed by atoms with Gasteiger partial charge in [-0.2, -0.15) is 0 Å². The van der Waals surface area contributed by atoms with Crippen LogP contribution in [0.25, 0.3) is 10.2 Å². The molecule has 0 unspecified atom stereocenters. The lowest BCUT2D eigenvalue weighted by atomic mass is 10.1. The largest absolute Gasteiger partial charge is 0.494 e. The van der Waals surface area contributed by atoms with E-state index < -0.39 is 15.7 Å². The van der Waals surface area contributed by atoms with Crippen molar-refractivity contribution in [2.45, 2.75) is 18.4 Å². The Hall–Kier alpha value is -3.23. The number of amides is 1. The summed E-state index contributed by atoms with van der Waals surface area (Å²) in [7, 11) is -2.01. The zero-order chi connectivity index (χ0) is 22.9. The second-order valence-electron chi connectivity index (χ2n) is 7.40. The molecule has 0 aliphatic carbocycles. The third-order valence-corrected chi connectivity index (χ3v) is 7.46. The molecule has 0 bridgehead atoms. The minimum absolute atomic E-state index is 0.00191. The Morgan fingerprint density at radius 3 is 2.41 bits per heavy atom. The van der Waals surface area contributed by atoms with Gasteiger partial charge in [0.2, 0.25) is 0 Å². The van der Waals surface area contributed by atoms with Gasteiger partial charge in [-0.15, -0.1) is 0 Å². The fourth-order valence-corrected chi connectivity index (χ4v) is 5.41. The summed E-state index contributed by atoms with van der Waals surface area (Å²) in [5.74, 6) is 0.197. The molecule has 0 aliphatic rings. The molecule has 164 valence electrons. The molecule has 0 fully saturated rings. The van der Waals surface area contributed by atoms with Crippen LogP contribution in [0.4, 0.5) is 5.13 Å². The maximum atomic E-state index is 13.7. The molecular formula is C24H22N2O4S2. The fourth-order valence-electron chi connectivity index (χ4n) is 3.48. The smallest absolute Gasteiger partial charge is 0.261 e. The molecular weight excluding hydrogens is 444 g/mol. The Morgan fingerprint density at radius 2 is 1.72 bits per heavy atom. The molecule has 4 aromatic rings. The van der Waals surface area contributed by atoms with Crippen molar-refractivity contribution in [3.8, 4) is 5.75 Å². The van der Waals surface area contributed by atoms with Gasteiger partial charge >= 0.3 is 0 Å². The molecule has 0 atom stereocenters. The van der Waals surface area contributed by atoms with E-state index in [0.29, 0.717) is 16.4 Å². The van der Waals surface area contributed by atoms with Crippen molar-refractivity contribution in [3.05, 3.63) is 83.4 Å². The predicted molar refractivity (Wildman–Crippen MR) is 127 cm³/mol. The molecule has 0 saturated heterocycles. The zero-order valence-electron chi connectivity index (χ0n) is 17.9. The van der Waals surface area contributed by atoms with E-state index in [1.54, 1.807) is 19.2 Å². The molecule has 0 spiro atoms. The molecule has 0 aliphatic heterocycles. The SMILES string of the molecule is COc1ccc(C)c2sc(N(Cc3ccccc3)C(=O)c3ccccc3S(C)(=O)=O)nc12. The topological polar surface area (TPSA) is 76.6 Å². The Bertz CT molecular complexity index is 1400. The number of methoxy groups -OCH3 is 1. The summed E-state index contributed by atoms with van der Waals surface area (Å²) >= 11 is 1.38. The van der Waals surface area contributed by atoms with Crippen molar-refractivity contribution in [2.24, 2.45) is 0 Å². The number of carbonyl (C=O) groups excluding carboxylic acids is 1. The van der Waals surface area contributed by atoms with Crippen molar-refractivity contribution in [1.29, 1.82) is 0 Å². The average molecular weight is 467 g/mol. The minimum Gasteiger partial charge on any atom is -0.494 e. The number of hydrogen-bond donors (Lipinski definition) is 0. The predicted octanol–water partition coefficient (Wildman–Crippen LogP) is 4.86. The van der Waals surface area contributed by atoms with Crippen molar-refractivity contribution in [2.75, 3.05) is 18.3 Å². The monoisotopic (exact) mass is 466 g/mol. The first kappa shape index (κ1) is 22.0. The van der Waals surface area contributed by atoms with Gasteiger partial charge in [0, 0.05) is 6.26 Å². The van der Waals surface area contributed by atoms with E-state index in [1.807, 2.05) is 49.4 Å². The number of hydrogen-bond acceptors (Lipinski definition) is 6. The van der Waals surface area contributed by atoms with Gasteiger partial charge in [-0.25, -0.2) is 13.4 Å². The first-order chi connectivity index (χ1) is 15.3. The standard InChI is InChI=1S/C24H22N2O4S2/c1-16-13-14-19(30-2)21-22(16)31-24(25-21)26(15-17-9-5-4-6-10-17)23(27)18-11-7-8-12-20(18)32(3,28)29/h4-14H,15H2,1-3H3. The van der Waals surface area contributed by atoms with Gasteiger partial charge in [0.05, 0.1) is 28.8 Å². The van der Waals surface area contributed by atoms with E-state index in [2.05, 4.69) is 0 Å². The van der Waals surface area contributed by atoms with Gasteiger partial charge in [-0.1, -0.05) is 59.9 Å². The number of anilines is 1. The van der Waals surface area contributed by atoms with E-state index in [4.69, 9.17) is 9.72 Å². The van der Waals surface area contributed by atoms with Crippen molar-refractivity contribution in [1.82, 2.24) is 4.98 Å². The highest BCUT2D eigenvalue weighted by atomic mass is 32.2. The number of thiazole rings is 1. The first-order valence-corrected chi connectivity index (χ1v) is 12.6. The van der Waals surface area contributed by atoms with Crippen molar-refractivity contribution >= 4 is 42.4 Å². The van der Waals surface area contributed by atoms with E-state index in [1.165, 1.54) is 28.4 Å². The van der Waals surface area contributed by atoms with E-state index in [-0.39, 0.29) is 17.0 Å². The number of nitrogens with zero attached hydrogens (tertiary/aromatic N) is 2. The van der Waals surface area contributed by atoms with Gasteiger partial charge in [-0.3, -0.25) is 9.69 Å². The van der Waals surface area contributed by atoms with Crippen LogP contribution in [0.2, 0.25) is 0 Å². The summed E-state index contributed by atoms with van der Waals surface area (Å²) in [6, 6.07) is 19.6. The highest BCUT2D eigenvalue weighted by molar-refractivity contribution is 7.90. The number of fused-ring (bicyclic) bond motifs is 1. The molecule has 0 N–H and O–H groups in total. The molecule has 0 radical (unpaired) electrons. The van der Waals surface area contributed by atoms with Crippen LogP contribution in [0.15, 0.2) is 71.6 Å². The van der Waals surface area contributed by atoms with Crippen LogP contribution in [-0.2, 0) is 16.4 Å². The number of rotatable bonds is 6. The molecule has 8 heteroatoms. The third kappa shape index (κ3) is 4.24. The number of benzene rings is 3. The summed E-state index contributed by atoms with van der Waals surface area (Å²) in [4.78, 5) is 20.0. The molecule has 1 amide bonds. The highest BCUT2D eigenvalue weighted by Gasteiger charge is 2.27. The summed E-state index contributed by atoms with van der Waals surface area (Å²) in [6.45, 7) is 2.23. The van der Waals surface area contributed by atoms with Gasteiger partial charge in [0.25, 0.3) is 5.91 Å². The van der Waals surface area contributed by atoms with Gasteiger partial charge in [0.15, 0.2) is 15.0 Å². The Labute approximate surface area is 191 Å². The van der Waals surface area contributed by atoms with Gasteiger partial charge in [0.1, 0.15) is 11.3 Å². The van der Waals surface area contributed by atoms with Crippen LogP contribution in [0.1, 0.15) is 21.5 Å². The summed E-state index contributed by atoms with van der Waals surface area (Å²) < 4.78 is 31.1. The minimum atomic E-state index is -3.59. The summed E-state index contributed by atoms with van der Waals surface area (Å²) in [5.41, 5.74) is 2.72. The quantitative estimate of drug-likeness (QED) is 0.405. The van der Waals surface area contributed by atoms with E-state index in [9.17, 15) is 13.2 Å². The van der Waals surface area contributed by atoms with Gasteiger partial charge < -0.3 is 4.74 Å².